The lowest BCUT2D eigenvalue weighted by Gasteiger charge is -2.18. The van der Waals surface area contributed by atoms with Gasteiger partial charge in [0.25, 0.3) is 10.0 Å². The van der Waals surface area contributed by atoms with E-state index in [1.807, 2.05) is 39.1 Å². The first-order valence-electron chi connectivity index (χ1n) is 6.65. The van der Waals surface area contributed by atoms with E-state index in [-0.39, 0.29) is 0 Å². The molecule has 2 aromatic rings. The molecular formula is C15H20N2O2S2. The summed E-state index contributed by atoms with van der Waals surface area (Å²) in [5.41, 5.74) is 2.72. The third kappa shape index (κ3) is 3.28. The second-order valence-corrected chi connectivity index (χ2v) is 8.35. The Kier molecular flexibility index (Phi) is 4.70. The van der Waals surface area contributed by atoms with Crippen LogP contribution in [-0.2, 0) is 16.6 Å². The van der Waals surface area contributed by atoms with Gasteiger partial charge in [0.1, 0.15) is 4.21 Å². The summed E-state index contributed by atoms with van der Waals surface area (Å²) in [6, 6.07) is 9.23. The summed E-state index contributed by atoms with van der Waals surface area (Å²) in [4.78, 5) is 1.05. The fourth-order valence-electron chi connectivity index (χ4n) is 2.05. The normalized spacial score (nSPS) is 11.6. The van der Waals surface area contributed by atoms with Crippen LogP contribution < -0.4 is 9.62 Å². The highest BCUT2D eigenvalue weighted by Crippen LogP contribution is 2.30. The molecule has 0 radical (unpaired) electrons. The van der Waals surface area contributed by atoms with Crippen LogP contribution in [0.4, 0.5) is 5.69 Å². The summed E-state index contributed by atoms with van der Waals surface area (Å²) in [5, 5.41) is 3.06. The second-order valence-electron chi connectivity index (χ2n) is 5.01. The maximum Gasteiger partial charge on any atom is 0.273 e. The van der Waals surface area contributed by atoms with E-state index < -0.39 is 10.0 Å². The van der Waals surface area contributed by atoms with Crippen molar-refractivity contribution < 1.29 is 8.42 Å². The van der Waals surface area contributed by atoms with Crippen molar-refractivity contribution >= 4 is 27.0 Å². The minimum absolute atomic E-state index is 0.384. The fourth-order valence-corrected chi connectivity index (χ4v) is 5.01. The Hall–Kier alpha value is -1.37. The number of sulfonamides is 1. The number of benzene rings is 1. The molecule has 0 saturated carbocycles. The average Bonchev–Trinajstić information content (AvgIpc) is 2.80. The van der Waals surface area contributed by atoms with E-state index in [1.165, 1.54) is 15.6 Å². The largest absolute Gasteiger partial charge is 0.315 e. The van der Waals surface area contributed by atoms with E-state index in [9.17, 15) is 8.42 Å². The lowest BCUT2D eigenvalue weighted by atomic mass is 10.2. The first kappa shape index (κ1) is 16.0. The predicted molar refractivity (Wildman–Crippen MR) is 88.6 cm³/mol. The molecule has 0 aliphatic carbocycles. The standard InChI is InChI=1S/C15H20N2O2S2/c1-11-6-5-7-13(8-11)17(4)21(18,19)15-9-12(2)14(20-15)10-16-3/h5-9,16H,10H2,1-4H3. The lowest BCUT2D eigenvalue weighted by molar-refractivity contribution is 0.596. The van der Waals surface area contributed by atoms with Gasteiger partial charge >= 0.3 is 0 Å². The zero-order valence-electron chi connectivity index (χ0n) is 12.7. The molecule has 1 heterocycles. The molecule has 0 saturated heterocycles. The van der Waals surface area contributed by atoms with E-state index in [1.54, 1.807) is 19.2 Å². The van der Waals surface area contributed by atoms with E-state index in [0.29, 0.717) is 16.4 Å². The van der Waals surface area contributed by atoms with Gasteiger partial charge in [0.05, 0.1) is 5.69 Å². The minimum Gasteiger partial charge on any atom is -0.315 e. The van der Waals surface area contributed by atoms with Gasteiger partial charge in [-0.25, -0.2) is 8.42 Å². The molecule has 0 fully saturated rings. The summed E-state index contributed by atoms with van der Waals surface area (Å²) in [6.45, 7) is 4.57. The van der Waals surface area contributed by atoms with Crippen molar-refractivity contribution in [1.82, 2.24) is 5.32 Å². The van der Waals surface area contributed by atoms with Crippen LogP contribution in [0, 0.1) is 13.8 Å². The number of rotatable bonds is 5. The summed E-state index contributed by atoms with van der Waals surface area (Å²) in [7, 11) is -0.0572. The monoisotopic (exact) mass is 324 g/mol. The zero-order valence-corrected chi connectivity index (χ0v) is 14.3. The van der Waals surface area contributed by atoms with Crippen LogP contribution in [0.3, 0.4) is 0 Å². The van der Waals surface area contributed by atoms with Gasteiger partial charge in [0.15, 0.2) is 0 Å². The molecule has 114 valence electrons. The number of anilines is 1. The van der Waals surface area contributed by atoms with Gasteiger partial charge in [-0.1, -0.05) is 12.1 Å². The Labute approximate surface area is 130 Å². The van der Waals surface area contributed by atoms with Crippen molar-refractivity contribution in [1.29, 1.82) is 0 Å². The average molecular weight is 324 g/mol. The van der Waals surface area contributed by atoms with Crippen molar-refractivity contribution in [2.24, 2.45) is 0 Å². The Morgan fingerprint density at radius 1 is 1.24 bits per heavy atom. The topological polar surface area (TPSA) is 49.4 Å². The van der Waals surface area contributed by atoms with Gasteiger partial charge in [-0.3, -0.25) is 4.31 Å². The molecule has 1 aromatic heterocycles. The molecule has 2 rings (SSSR count). The first-order chi connectivity index (χ1) is 9.86. The van der Waals surface area contributed by atoms with Crippen molar-refractivity contribution in [2.75, 3.05) is 18.4 Å². The maximum absolute atomic E-state index is 12.7. The number of thiophene rings is 1. The predicted octanol–water partition coefficient (Wildman–Crippen LogP) is 2.91. The van der Waals surface area contributed by atoms with Crippen LogP contribution in [0.25, 0.3) is 0 Å². The molecule has 0 bridgehead atoms. The highest BCUT2D eigenvalue weighted by atomic mass is 32.2. The lowest BCUT2D eigenvalue weighted by Crippen LogP contribution is -2.25. The summed E-state index contributed by atoms with van der Waals surface area (Å²) >= 11 is 1.33. The summed E-state index contributed by atoms with van der Waals surface area (Å²) in [6.07, 6.45) is 0. The second kappa shape index (κ2) is 6.17. The van der Waals surface area contributed by atoms with Crippen molar-refractivity contribution in [3.05, 3.63) is 46.3 Å². The Morgan fingerprint density at radius 2 is 1.95 bits per heavy atom. The number of aryl methyl sites for hydroxylation is 2. The molecule has 1 N–H and O–H groups in total. The molecule has 0 unspecified atom stereocenters. The van der Waals surface area contributed by atoms with Crippen LogP contribution in [0.2, 0.25) is 0 Å². The van der Waals surface area contributed by atoms with E-state index >= 15 is 0 Å². The molecule has 1 aromatic carbocycles. The van der Waals surface area contributed by atoms with Gasteiger partial charge < -0.3 is 5.32 Å². The van der Waals surface area contributed by atoms with Crippen LogP contribution >= 0.6 is 11.3 Å². The first-order valence-corrected chi connectivity index (χ1v) is 8.91. The third-order valence-electron chi connectivity index (χ3n) is 3.32. The molecular weight excluding hydrogens is 304 g/mol. The van der Waals surface area contributed by atoms with E-state index in [0.717, 1.165) is 16.0 Å². The maximum atomic E-state index is 12.7. The Morgan fingerprint density at radius 3 is 2.57 bits per heavy atom. The highest BCUT2D eigenvalue weighted by molar-refractivity contribution is 7.94. The molecule has 0 atom stereocenters. The number of hydrogen-bond donors (Lipinski definition) is 1. The molecule has 0 aliphatic heterocycles. The molecule has 0 amide bonds. The highest BCUT2D eigenvalue weighted by Gasteiger charge is 2.24. The van der Waals surface area contributed by atoms with Gasteiger partial charge in [0, 0.05) is 18.5 Å². The van der Waals surface area contributed by atoms with Crippen molar-refractivity contribution in [2.45, 2.75) is 24.6 Å². The Balaban J connectivity index is 2.39. The van der Waals surface area contributed by atoms with Crippen LogP contribution in [0.5, 0.6) is 0 Å². The zero-order chi connectivity index (χ0) is 15.6. The van der Waals surface area contributed by atoms with Crippen LogP contribution in [0.15, 0.2) is 34.5 Å². The van der Waals surface area contributed by atoms with Gasteiger partial charge in [-0.05, 0) is 50.2 Å². The van der Waals surface area contributed by atoms with Crippen LogP contribution in [0.1, 0.15) is 16.0 Å². The molecule has 6 heteroatoms. The number of nitrogens with zero attached hydrogens (tertiary/aromatic N) is 1. The molecule has 0 aliphatic rings. The molecule has 4 nitrogen and oxygen atoms in total. The van der Waals surface area contributed by atoms with E-state index in [2.05, 4.69) is 5.32 Å². The minimum atomic E-state index is -3.50. The fraction of sp³-hybridized carbons (Fsp3) is 0.333. The number of nitrogens with one attached hydrogen (secondary N) is 1. The quantitative estimate of drug-likeness (QED) is 0.920. The molecule has 21 heavy (non-hydrogen) atoms. The number of hydrogen-bond acceptors (Lipinski definition) is 4. The molecule has 0 spiro atoms. The van der Waals surface area contributed by atoms with Gasteiger partial charge in [-0.2, -0.15) is 0 Å². The third-order valence-corrected chi connectivity index (χ3v) is 6.79. The summed E-state index contributed by atoms with van der Waals surface area (Å²) < 4.78 is 27.2. The van der Waals surface area contributed by atoms with Crippen molar-refractivity contribution in [3.8, 4) is 0 Å². The Bertz CT molecular complexity index is 736. The van der Waals surface area contributed by atoms with Gasteiger partial charge in [0.2, 0.25) is 0 Å². The van der Waals surface area contributed by atoms with Gasteiger partial charge in [-0.15, -0.1) is 11.3 Å². The van der Waals surface area contributed by atoms with Crippen LogP contribution in [-0.4, -0.2) is 22.5 Å². The smallest absolute Gasteiger partial charge is 0.273 e. The summed E-state index contributed by atoms with van der Waals surface area (Å²) in [5.74, 6) is 0. The van der Waals surface area contributed by atoms with E-state index in [4.69, 9.17) is 0 Å². The SMILES string of the molecule is CNCc1sc(S(=O)(=O)N(C)c2cccc(C)c2)cc1C. The van der Waals surface area contributed by atoms with Crippen molar-refractivity contribution in [3.63, 3.8) is 0 Å².